The summed E-state index contributed by atoms with van der Waals surface area (Å²) >= 11 is 0. The fraction of sp³-hybridized carbons (Fsp3) is 0.130. The zero-order chi connectivity index (χ0) is 24.9. The summed E-state index contributed by atoms with van der Waals surface area (Å²) in [5, 5.41) is 29.5. The van der Waals surface area contributed by atoms with Crippen LogP contribution >= 0.6 is 0 Å². The SMILES string of the molecule is Nc1nc2ncc(C[N-]c3ccc(C(=O)N[C@@H](Cc4ccc([O-])cc4)C(=O)[O-])cc3)nc2c(=O)[nH]1.[Na+].[Na+].[Na+]. The van der Waals surface area contributed by atoms with E-state index in [1.807, 2.05) is 0 Å². The van der Waals surface area contributed by atoms with E-state index in [9.17, 15) is 24.6 Å². The van der Waals surface area contributed by atoms with Crippen molar-refractivity contribution in [3.05, 3.63) is 87.2 Å². The summed E-state index contributed by atoms with van der Waals surface area (Å²) in [6.07, 6.45) is 1.41. The Hall–Kier alpha value is -2.00. The number of carbonyl (C=O) groups is 2. The number of anilines is 1. The predicted molar refractivity (Wildman–Crippen MR) is 121 cm³/mol. The van der Waals surface area contributed by atoms with Crippen LogP contribution in [0, 0.1) is 0 Å². The quantitative estimate of drug-likeness (QED) is 0.181. The van der Waals surface area contributed by atoms with Gasteiger partial charge in [-0.25, -0.2) is 9.97 Å². The number of hydrogen-bond donors (Lipinski definition) is 3. The number of H-pyrrole nitrogens is 1. The number of aromatic amines is 1. The second-order valence-electron chi connectivity index (χ2n) is 7.54. The number of hydrogen-bond acceptors (Lipinski definition) is 9. The second kappa shape index (κ2) is 15.6. The van der Waals surface area contributed by atoms with Crippen molar-refractivity contribution in [3.8, 4) is 5.75 Å². The van der Waals surface area contributed by atoms with Crippen LogP contribution in [0.2, 0.25) is 0 Å². The third-order valence-electron chi connectivity index (χ3n) is 4.99. The summed E-state index contributed by atoms with van der Waals surface area (Å²) in [4.78, 5) is 50.5. The van der Waals surface area contributed by atoms with Crippen LogP contribution < -0.4 is 115 Å². The molecule has 4 rings (SSSR count). The predicted octanol–water partition coefficient (Wildman–Crippen LogP) is -9.32. The maximum Gasteiger partial charge on any atom is 1.00 e. The van der Waals surface area contributed by atoms with Crippen molar-refractivity contribution in [2.75, 3.05) is 5.73 Å². The first kappa shape index (κ1) is 34.0. The Kier molecular flexibility index (Phi) is 13.9. The molecule has 4 aromatic rings. The molecule has 12 nitrogen and oxygen atoms in total. The van der Waals surface area contributed by atoms with Crippen LogP contribution in [-0.4, -0.2) is 37.9 Å². The van der Waals surface area contributed by atoms with Crippen LogP contribution in [0.5, 0.6) is 5.75 Å². The molecule has 0 unspecified atom stereocenters. The molecule has 2 heterocycles. The van der Waals surface area contributed by atoms with Gasteiger partial charge in [0, 0.05) is 17.5 Å². The van der Waals surface area contributed by atoms with E-state index in [1.54, 1.807) is 12.1 Å². The maximum absolute atomic E-state index is 12.5. The molecule has 0 fully saturated rings. The van der Waals surface area contributed by atoms with Gasteiger partial charge in [0.1, 0.15) is 0 Å². The molecule has 0 aliphatic heterocycles. The van der Waals surface area contributed by atoms with Gasteiger partial charge in [-0.15, -0.1) is 11.4 Å². The number of nitrogens with one attached hydrogen (secondary N) is 2. The van der Waals surface area contributed by atoms with Gasteiger partial charge >= 0.3 is 88.7 Å². The van der Waals surface area contributed by atoms with Gasteiger partial charge < -0.3 is 31.4 Å². The monoisotopic (exact) mass is 541 g/mol. The van der Waals surface area contributed by atoms with E-state index >= 15 is 0 Å². The van der Waals surface area contributed by atoms with Crippen LogP contribution in [0.1, 0.15) is 21.6 Å². The van der Waals surface area contributed by atoms with E-state index in [4.69, 9.17) is 5.73 Å². The third kappa shape index (κ3) is 9.04. The standard InChI is InChI=1S/C23H21N7O5.3Na/c24-23-29-19-18(21(33)30-23)27-15(11-26-19)10-25-14-5-3-13(4-6-14)20(32)28-17(22(34)35)9-12-1-7-16(31)8-2-12;;;/h1-8,11,17H,9-10H2,(H7,24,25,26,28,29,30,31,32,33,34,35);;;/q;3*+1/p-3/t17-;;;/m0.../s1. The Morgan fingerprint density at radius 2 is 1.68 bits per heavy atom. The number of carboxylic acids is 1. The minimum atomic E-state index is -1.44. The molecule has 0 spiro atoms. The molecule has 0 aliphatic rings. The van der Waals surface area contributed by atoms with Crippen LogP contribution in [0.15, 0.2) is 59.5 Å². The Balaban J connectivity index is 0.00000241. The van der Waals surface area contributed by atoms with Gasteiger partial charge in [-0.3, -0.25) is 14.6 Å². The van der Waals surface area contributed by atoms with E-state index < -0.39 is 23.5 Å². The number of aromatic nitrogens is 4. The average molecular weight is 541 g/mol. The van der Waals surface area contributed by atoms with Crippen molar-refractivity contribution in [2.24, 2.45) is 0 Å². The molecule has 1 amide bonds. The van der Waals surface area contributed by atoms with Crippen molar-refractivity contribution in [1.29, 1.82) is 0 Å². The minimum absolute atomic E-state index is 0. The molecule has 2 aromatic carbocycles. The summed E-state index contributed by atoms with van der Waals surface area (Å²) in [6, 6.07) is 10.5. The fourth-order valence-corrected chi connectivity index (χ4v) is 3.23. The zero-order valence-corrected chi connectivity index (χ0v) is 27.1. The van der Waals surface area contributed by atoms with Crippen LogP contribution in [0.4, 0.5) is 11.6 Å². The number of nitrogens with two attached hydrogens (primary N) is 1. The largest absolute Gasteiger partial charge is 1.00 e. The second-order valence-corrected chi connectivity index (χ2v) is 7.54. The minimum Gasteiger partial charge on any atom is -0.872 e. The maximum atomic E-state index is 12.5. The van der Waals surface area contributed by atoms with Crippen LogP contribution in [-0.2, 0) is 17.8 Å². The molecular weight excluding hydrogens is 523 g/mol. The molecule has 38 heavy (non-hydrogen) atoms. The number of rotatable bonds is 8. The molecule has 2 aromatic heterocycles. The molecule has 0 saturated heterocycles. The molecule has 0 radical (unpaired) electrons. The Bertz CT molecular complexity index is 1450. The van der Waals surface area contributed by atoms with Gasteiger partial charge in [-0.2, -0.15) is 4.98 Å². The number of amides is 1. The summed E-state index contributed by atoms with van der Waals surface area (Å²) < 4.78 is 0. The molecular formula is C23H18N7Na3O5. The van der Waals surface area contributed by atoms with Gasteiger partial charge in [0.2, 0.25) is 5.95 Å². The average Bonchev–Trinajstić information content (AvgIpc) is 2.84. The van der Waals surface area contributed by atoms with Crippen molar-refractivity contribution >= 4 is 34.7 Å². The number of nitrogen functional groups attached to an aromatic ring is 1. The Labute approximate surface area is 283 Å². The Morgan fingerprint density at radius 3 is 2.32 bits per heavy atom. The van der Waals surface area contributed by atoms with Crippen molar-refractivity contribution in [3.63, 3.8) is 0 Å². The number of carbonyl (C=O) groups excluding carboxylic acids is 2. The topological polar surface area (TPSA) is 204 Å². The van der Waals surface area contributed by atoms with Gasteiger partial charge in [0.25, 0.3) is 11.5 Å². The van der Waals surface area contributed by atoms with E-state index in [-0.39, 0.29) is 130 Å². The Morgan fingerprint density at radius 1 is 1.03 bits per heavy atom. The normalized spacial score (nSPS) is 10.7. The number of nitrogens with zero attached hydrogens (tertiary/aromatic N) is 4. The smallest absolute Gasteiger partial charge is 0.872 e. The fourth-order valence-electron chi connectivity index (χ4n) is 3.23. The molecule has 0 bridgehead atoms. The number of fused-ring (bicyclic) bond motifs is 1. The van der Waals surface area contributed by atoms with Gasteiger partial charge in [-0.05, 0) is 12.0 Å². The first-order chi connectivity index (χ1) is 16.8. The van der Waals surface area contributed by atoms with Gasteiger partial charge in [0.05, 0.1) is 12.0 Å². The molecule has 4 N–H and O–H groups in total. The molecule has 0 saturated carbocycles. The molecule has 1 atom stereocenters. The van der Waals surface area contributed by atoms with Crippen molar-refractivity contribution in [2.45, 2.75) is 19.0 Å². The zero-order valence-electron chi connectivity index (χ0n) is 21.1. The summed E-state index contributed by atoms with van der Waals surface area (Å²) in [5.41, 5.74) is 6.92. The number of aliphatic carboxylic acids is 1. The molecule has 178 valence electrons. The van der Waals surface area contributed by atoms with Gasteiger partial charge in [0.15, 0.2) is 11.2 Å². The van der Waals surface area contributed by atoms with E-state index in [0.717, 1.165) is 0 Å². The summed E-state index contributed by atoms with van der Waals surface area (Å²) in [7, 11) is 0. The van der Waals surface area contributed by atoms with Gasteiger partial charge in [-0.1, -0.05) is 55.1 Å². The first-order valence-corrected chi connectivity index (χ1v) is 10.3. The van der Waals surface area contributed by atoms with E-state index in [0.29, 0.717) is 16.9 Å². The van der Waals surface area contributed by atoms with Crippen molar-refractivity contribution < 1.29 is 108 Å². The van der Waals surface area contributed by atoms with E-state index in [2.05, 4.69) is 30.6 Å². The third-order valence-corrected chi connectivity index (χ3v) is 4.99. The van der Waals surface area contributed by atoms with Crippen molar-refractivity contribution in [1.82, 2.24) is 25.3 Å². The van der Waals surface area contributed by atoms with E-state index in [1.165, 1.54) is 42.6 Å². The number of carboxylic acid groups (broad SMARTS) is 1. The first-order valence-electron chi connectivity index (χ1n) is 10.3. The molecule has 15 heteroatoms. The summed E-state index contributed by atoms with van der Waals surface area (Å²) in [6.45, 7) is 0.118. The summed E-state index contributed by atoms with van der Waals surface area (Å²) in [5.74, 6) is -2.29. The van der Waals surface area contributed by atoms with Crippen LogP contribution in [0.25, 0.3) is 16.5 Å². The number of benzene rings is 2. The molecule has 0 aliphatic carbocycles. The van der Waals surface area contributed by atoms with Crippen LogP contribution in [0.3, 0.4) is 0 Å².